The first-order valence-corrected chi connectivity index (χ1v) is 16.1. The van der Waals surface area contributed by atoms with Gasteiger partial charge in [0.1, 0.15) is 17.7 Å². The molecule has 1 aliphatic carbocycles. The molecule has 48 heavy (non-hydrogen) atoms. The summed E-state index contributed by atoms with van der Waals surface area (Å²) in [6.45, 7) is 4.28. The van der Waals surface area contributed by atoms with Crippen LogP contribution < -0.4 is 4.90 Å². The average Bonchev–Trinajstić information content (AvgIpc) is 3.10. The summed E-state index contributed by atoms with van der Waals surface area (Å²) in [5.41, 5.74) is 12.0. The van der Waals surface area contributed by atoms with Gasteiger partial charge in [0.05, 0.1) is 13.2 Å². The molecule has 4 aromatic rings. The molecule has 0 bridgehead atoms. The summed E-state index contributed by atoms with van der Waals surface area (Å²) in [7, 11) is 4.06. The predicted molar refractivity (Wildman–Crippen MR) is 197 cm³/mol. The monoisotopic (exact) mass is 631 g/mol. The maximum atomic E-state index is 9.70. The third kappa shape index (κ3) is 8.08. The van der Waals surface area contributed by atoms with Crippen molar-refractivity contribution >= 4 is 23.9 Å². The van der Waals surface area contributed by atoms with Crippen molar-refractivity contribution in [2.24, 2.45) is 5.41 Å². The van der Waals surface area contributed by atoms with Crippen molar-refractivity contribution in [3.63, 3.8) is 0 Å². The van der Waals surface area contributed by atoms with E-state index >= 15 is 0 Å². The number of hydrogen-bond acceptors (Lipinski definition) is 5. The minimum absolute atomic E-state index is 0.0199. The number of rotatable bonds is 9. The minimum atomic E-state index is -0.0926. The summed E-state index contributed by atoms with van der Waals surface area (Å²) < 4.78 is 0. The van der Waals surface area contributed by atoms with Gasteiger partial charge in [-0.05, 0) is 104 Å². The van der Waals surface area contributed by atoms with Crippen LogP contribution in [-0.4, -0.2) is 24.3 Å². The molecular weight excluding hydrogens is 590 g/mol. The molecule has 0 saturated carbocycles. The number of anilines is 1. The highest BCUT2D eigenvalue weighted by Crippen LogP contribution is 2.40. The van der Waals surface area contributed by atoms with E-state index in [1.54, 1.807) is 0 Å². The van der Waals surface area contributed by atoms with Gasteiger partial charge in [0, 0.05) is 19.8 Å². The van der Waals surface area contributed by atoms with Gasteiger partial charge in [-0.1, -0.05) is 105 Å². The molecule has 0 aromatic heterocycles. The van der Waals surface area contributed by atoms with Crippen LogP contribution in [0.5, 0.6) is 0 Å². The van der Waals surface area contributed by atoms with E-state index in [-0.39, 0.29) is 24.2 Å². The lowest BCUT2D eigenvalue weighted by Crippen LogP contribution is -2.17. The molecule has 0 saturated heterocycles. The van der Waals surface area contributed by atoms with Crippen LogP contribution in [0.1, 0.15) is 54.5 Å². The molecule has 0 radical (unpaired) electrons. The molecule has 4 aromatic carbocycles. The molecule has 0 heterocycles. The van der Waals surface area contributed by atoms with Crippen LogP contribution in [0.25, 0.3) is 40.5 Å². The zero-order valence-electron chi connectivity index (χ0n) is 28.0. The number of benzene rings is 4. The minimum Gasteiger partial charge on any atom is -0.392 e. The highest BCUT2D eigenvalue weighted by atomic mass is 16.3. The third-order valence-corrected chi connectivity index (χ3v) is 8.71. The quantitative estimate of drug-likeness (QED) is 0.142. The molecule has 0 fully saturated rings. The fourth-order valence-electron chi connectivity index (χ4n) is 6.15. The molecular formula is C43H41N3O2. The van der Waals surface area contributed by atoms with E-state index < -0.39 is 0 Å². The second kappa shape index (κ2) is 15.0. The first kappa shape index (κ1) is 33.9. The van der Waals surface area contributed by atoms with Gasteiger partial charge in [-0.25, -0.2) is 0 Å². The number of nitriles is 2. The van der Waals surface area contributed by atoms with Gasteiger partial charge in [0.25, 0.3) is 0 Å². The zero-order chi connectivity index (χ0) is 34.3. The lowest BCUT2D eigenvalue weighted by atomic mass is 9.74. The fraction of sp³-hybridized carbons (Fsp3) is 0.209. The average molecular weight is 632 g/mol. The van der Waals surface area contributed by atoms with Crippen molar-refractivity contribution < 1.29 is 10.2 Å². The Labute approximate surface area is 284 Å². The van der Waals surface area contributed by atoms with E-state index in [0.29, 0.717) is 6.42 Å². The molecule has 0 unspecified atom stereocenters. The zero-order valence-corrected chi connectivity index (χ0v) is 28.0. The summed E-state index contributed by atoms with van der Waals surface area (Å²) in [5, 5.41) is 38.5. The van der Waals surface area contributed by atoms with Gasteiger partial charge in [-0.2, -0.15) is 10.5 Å². The van der Waals surface area contributed by atoms with Gasteiger partial charge in [0.2, 0.25) is 0 Å². The smallest absolute Gasteiger partial charge is 0.132 e. The van der Waals surface area contributed by atoms with Crippen molar-refractivity contribution in [2.45, 2.75) is 39.9 Å². The summed E-state index contributed by atoms with van der Waals surface area (Å²) >= 11 is 0. The lowest BCUT2D eigenvalue weighted by Gasteiger charge is -2.30. The molecule has 5 heteroatoms. The van der Waals surface area contributed by atoms with Crippen LogP contribution in [0.4, 0.5) is 5.69 Å². The largest absolute Gasteiger partial charge is 0.392 e. The maximum absolute atomic E-state index is 9.70. The summed E-state index contributed by atoms with van der Waals surface area (Å²) in [4.78, 5) is 2.08. The SMILES string of the molecule is CN(C)c1ccc(/C=C/c2cc(-c3ccc(CO)cc3)c(/C=C/C3=CC(=C(C#N)C#N)CC(C)(C)C3)cc2-c2ccc(CO)cc2)cc1. The Morgan fingerprint density at radius 3 is 1.67 bits per heavy atom. The Hall–Kier alpha value is -5.46. The molecule has 240 valence electrons. The van der Waals surface area contributed by atoms with E-state index in [0.717, 1.165) is 73.3 Å². The lowest BCUT2D eigenvalue weighted by molar-refractivity contribution is 0.281. The van der Waals surface area contributed by atoms with Gasteiger partial charge >= 0.3 is 0 Å². The molecule has 0 amide bonds. The molecule has 5 rings (SSSR count). The molecule has 0 atom stereocenters. The van der Waals surface area contributed by atoms with Gasteiger partial charge in [0.15, 0.2) is 0 Å². The van der Waals surface area contributed by atoms with Gasteiger partial charge in [-0.3, -0.25) is 0 Å². The van der Waals surface area contributed by atoms with Crippen LogP contribution in [0, 0.1) is 28.1 Å². The van der Waals surface area contributed by atoms with Crippen LogP contribution in [0.3, 0.4) is 0 Å². The number of allylic oxidation sites excluding steroid dienone is 5. The maximum Gasteiger partial charge on any atom is 0.132 e. The number of nitrogens with zero attached hydrogens (tertiary/aromatic N) is 3. The number of hydrogen-bond donors (Lipinski definition) is 2. The summed E-state index contributed by atoms with van der Waals surface area (Å²) in [6.07, 6.45) is 12.0. The first-order chi connectivity index (χ1) is 23.1. The highest BCUT2D eigenvalue weighted by molar-refractivity contribution is 5.88. The number of aliphatic hydroxyl groups is 2. The van der Waals surface area contributed by atoms with E-state index in [1.807, 2.05) is 68.7 Å². The molecule has 0 spiro atoms. The Morgan fingerprint density at radius 2 is 1.21 bits per heavy atom. The van der Waals surface area contributed by atoms with Crippen molar-refractivity contribution in [2.75, 3.05) is 19.0 Å². The first-order valence-electron chi connectivity index (χ1n) is 16.1. The second-order valence-corrected chi connectivity index (χ2v) is 13.3. The summed E-state index contributed by atoms with van der Waals surface area (Å²) in [5.74, 6) is 0. The van der Waals surface area contributed by atoms with Crippen molar-refractivity contribution in [1.29, 1.82) is 10.5 Å². The Kier molecular flexibility index (Phi) is 10.6. The van der Waals surface area contributed by atoms with Crippen LogP contribution in [-0.2, 0) is 13.2 Å². The number of aliphatic hydroxyl groups excluding tert-OH is 2. The molecule has 5 nitrogen and oxygen atoms in total. The van der Waals surface area contributed by atoms with E-state index in [4.69, 9.17) is 0 Å². The Bertz CT molecular complexity index is 1960. The van der Waals surface area contributed by atoms with Crippen molar-refractivity contribution in [3.05, 3.63) is 142 Å². The van der Waals surface area contributed by atoms with E-state index in [9.17, 15) is 20.7 Å². The van der Waals surface area contributed by atoms with Crippen LogP contribution in [0.2, 0.25) is 0 Å². The normalized spacial score (nSPS) is 14.1. The van der Waals surface area contributed by atoms with Crippen LogP contribution >= 0.6 is 0 Å². The topological polar surface area (TPSA) is 91.3 Å². The Balaban J connectivity index is 1.68. The van der Waals surface area contributed by atoms with Gasteiger partial charge in [-0.15, -0.1) is 0 Å². The van der Waals surface area contributed by atoms with Crippen molar-refractivity contribution in [1.82, 2.24) is 0 Å². The van der Waals surface area contributed by atoms with Crippen LogP contribution in [0.15, 0.2) is 114 Å². The molecule has 2 N–H and O–H groups in total. The standard InChI is InChI=1S/C43H41N3O2/c1-43(2)24-33(21-38(25-43)39(26-44)27-45)10-18-37-23-41(34-13-6-31(28-47)7-14-34)36(17-5-30-11-19-40(20-12-30)46(3)4)22-42(37)35-15-8-32(29-48)9-16-35/h5-23,47-48H,24-25,28-29H2,1-4H3/b17-5+,18-10+. The predicted octanol–water partition coefficient (Wildman–Crippen LogP) is 9.34. The molecule has 0 aliphatic heterocycles. The van der Waals surface area contributed by atoms with Gasteiger partial charge < -0.3 is 15.1 Å². The molecule has 1 aliphatic rings. The Morgan fingerprint density at radius 1 is 0.708 bits per heavy atom. The van der Waals surface area contributed by atoms with Crippen molar-refractivity contribution in [3.8, 4) is 34.4 Å². The fourth-order valence-corrected chi connectivity index (χ4v) is 6.15. The third-order valence-electron chi connectivity index (χ3n) is 8.71. The van der Waals surface area contributed by atoms with E-state index in [2.05, 4.69) is 91.6 Å². The highest BCUT2D eigenvalue weighted by Gasteiger charge is 2.26. The van der Waals surface area contributed by atoms with E-state index in [1.165, 1.54) is 0 Å². The second-order valence-electron chi connectivity index (χ2n) is 13.3. The summed E-state index contributed by atoms with van der Waals surface area (Å²) in [6, 6.07) is 32.9.